The monoisotopic (exact) mass is 288 g/mol. The highest BCUT2D eigenvalue weighted by Crippen LogP contribution is 2.24. The third-order valence-corrected chi connectivity index (χ3v) is 2.33. The van der Waals surface area contributed by atoms with Crippen LogP contribution in [0.15, 0.2) is 0 Å². The molecule has 0 saturated carbocycles. The zero-order chi connectivity index (χ0) is 8.91. The normalized spacial score (nSPS) is 11.3. The van der Waals surface area contributed by atoms with E-state index >= 15 is 0 Å². The van der Waals surface area contributed by atoms with Crippen molar-refractivity contribution >= 4 is 38.4 Å². The second kappa shape index (κ2) is 5.11. The van der Waals surface area contributed by atoms with Crippen molar-refractivity contribution in [2.24, 2.45) is 0 Å². The third-order valence-electron chi connectivity index (χ3n) is 1.04. The lowest BCUT2D eigenvalue weighted by Crippen LogP contribution is -2.34. The first kappa shape index (κ1) is 11.4. The molecular formula is C6H12Br2NO2+. The Hall–Kier alpha value is 0.390. The van der Waals surface area contributed by atoms with E-state index < -0.39 is 0 Å². The molecule has 0 spiro atoms. The summed E-state index contributed by atoms with van der Waals surface area (Å²) in [7, 11) is 0. The SMILES string of the molecule is CCC[N+](Br)(Br)C(=O)OCC. The van der Waals surface area contributed by atoms with Crippen LogP contribution < -0.4 is 0 Å². The molecule has 0 aromatic rings. The first-order valence-electron chi connectivity index (χ1n) is 3.49. The molecule has 0 aromatic heterocycles. The van der Waals surface area contributed by atoms with Crippen molar-refractivity contribution in [1.82, 2.24) is 0 Å². The maximum Gasteiger partial charge on any atom is 0.537 e. The number of carbonyl (C=O) groups excluding carboxylic acids is 1. The molecule has 66 valence electrons. The number of carbonyl (C=O) groups is 1. The number of amides is 1. The van der Waals surface area contributed by atoms with Crippen LogP contribution in [0.2, 0.25) is 0 Å². The second-order valence-electron chi connectivity index (χ2n) is 2.05. The van der Waals surface area contributed by atoms with Gasteiger partial charge in [-0.15, -0.1) is 0 Å². The number of quaternary nitrogens is 1. The minimum absolute atomic E-state index is 0.0513. The van der Waals surface area contributed by atoms with Crippen molar-refractivity contribution < 1.29 is 12.1 Å². The highest BCUT2D eigenvalue weighted by Gasteiger charge is 2.34. The minimum atomic E-state index is -0.311. The molecule has 5 heteroatoms. The summed E-state index contributed by atoms with van der Waals surface area (Å²) in [6.07, 6.45) is 0.587. The van der Waals surface area contributed by atoms with Gasteiger partial charge in [0.1, 0.15) is 6.54 Å². The fraction of sp³-hybridized carbons (Fsp3) is 0.833. The molecule has 0 aliphatic carbocycles. The van der Waals surface area contributed by atoms with Gasteiger partial charge in [-0.05, 0) is 13.3 Å². The Morgan fingerprint density at radius 3 is 2.36 bits per heavy atom. The Balaban J connectivity index is 3.94. The van der Waals surface area contributed by atoms with Crippen molar-refractivity contribution in [3.05, 3.63) is 0 Å². The second-order valence-corrected chi connectivity index (χ2v) is 5.43. The maximum atomic E-state index is 11.1. The zero-order valence-corrected chi connectivity index (χ0v) is 9.81. The van der Waals surface area contributed by atoms with Crippen LogP contribution in [0.1, 0.15) is 20.3 Å². The lowest BCUT2D eigenvalue weighted by Gasteiger charge is -2.15. The number of nitrogens with zero attached hydrogens (tertiary/aromatic N) is 1. The van der Waals surface area contributed by atoms with Crippen LogP contribution in [0.5, 0.6) is 0 Å². The third kappa shape index (κ3) is 4.08. The van der Waals surface area contributed by atoms with E-state index in [1.54, 1.807) is 6.92 Å². The predicted molar refractivity (Wildman–Crippen MR) is 50.3 cm³/mol. The molecule has 0 bridgehead atoms. The Kier molecular flexibility index (Phi) is 5.29. The van der Waals surface area contributed by atoms with Crippen molar-refractivity contribution in [3.63, 3.8) is 0 Å². The molecule has 0 fully saturated rings. The van der Waals surface area contributed by atoms with Gasteiger partial charge < -0.3 is 4.74 Å². The molecule has 11 heavy (non-hydrogen) atoms. The Morgan fingerprint density at radius 1 is 1.45 bits per heavy atom. The first-order valence-corrected chi connectivity index (χ1v) is 4.91. The number of halogens is 2. The van der Waals surface area contributed by atoms with Crippen LogP contribution >= 0.6 is 32.3 Å². The summed E-state index contributed by atoms with van der Waals surface area (Å²) in [6, 6.07) is 0. The molecule has 0 atom stereocenters. The van der Waals surface area contributed by atoms with Crippen LogP contribution in [0, 0.1) is 0 Å². The summed E-state index contributed by atoms with van der Waals surface area (Å²) in [5, 5.41) is 0. The van der Waals surface area contributed by atoms with Gasteiger partial charge in [0, 0.05) is 0 Å². The minimum Gasteiger partial charge on any atom is -0.419 e. The van der Waals surface area contributed by atoms with Gasteiger partial charge in [-0.2, -0.15) is 4.79 Å². The fourth-order valence-corrected chi connectivity index (χ4v) is 1.50. The molecule has 0 saturated heterocycles. The van der Waals surface area contributed by atoms with E-state index in [1.165, 1.54) is 0 Å². The molecule has 0 N–H and O–H groups in total. The van der Waals surface area contributed by atoms with E-state index in [-0.39, 0.29) is 8.63 Å². The summed E-state index contributed by atoms with van der Waals surface area (Å²) in [6.45, 7) is 4.84. The Labute approximate surface area is 84.0 Å². The first-order chi connectivity index (χ1) is 5.04. The van der Waals surface area contributed by atoms with Gasteiger partial charge >= 0.3 is 6.09 Å². The van der Waals surface area contributed by atoms with Crippen molar-refractivity contribution in [1.29, 1.82) is 0 Å². The Bertz CT molecular complexity index is 139. The highest BCUT2D eigenvalue weighted by molar-refractivity contribution is 9.16. The van der Waals surface area contributed by atoms with Gasteiger partial charge in [0.25, 0.3) is 32.3 Å². The summed E-state index contributed by atoms with van der Waals surface area (Å²) in [5.74, 6) is 0. The van der Waals surface area contributed by atoms with E-state index in [1.807, 2.05) is 6.92 Å². The van der Waals surface area contributed by atoms with E-state index in [0.29, 0.717) is 13.2 Å². The van der Waals surface area contributed by atoms with E-state index in [4.69, 9.17) is 4.74 Å². The summed E-state index contributed by atoms with van der Waals surface area (Å²) >= 11 is 6.38. The van der Waals surface area contributed by atoms with Crippen molar-refractivity contribution in [2.45, 2.75) is 20.3 Å². The number of rotatable bonds is 3. The van der Waals surface area contributed by atoms with Gasteiger partial charge in [-0.1, -0.05) is 9.46 Å². The molecule has 0 aliphatic heterocycles. The van der Waals surface area contributed by atoms with Crippen molar-refractivity contribution in [3.8, 4) is 0 Å². The van der Waals surface area contributed by atoms with Crippen LogP contribution in [-0.4, -0.2) is 21.8 Å². The molecule has 3 nitrogen and oxygen atoms in total. The smallest absolute Gasteiger partial charge is 0.419 e. The molecule has 0 aliphatic rings. The molecular weight excluding hydrogens is 278 g/mol. The number of hydrogen-bond donors (Lipinski definition) is 0. The summed E-state index contributed by atoms with van der Waals surface area (Å²) in [5.41, 5.74) is 0. The van der Waals surface area contributed by atoms with Crippen LogP contribution in [0.25, 0.3) is 0 Å². The van der Waals surface area contributed by atoms with Crippen LogP contribution in [0.3, 0.4) is 0 Å². The van der Waals surface area contributed by atoms with Gasteiger partial charge in [0.2, 0.25) is 0 Å². The van der Waals surface area contributed by atoms with E-state index in [0.717, 1.165) is 6.42 Å². The largest absolute Gasteiger partial charge is 0.537 e. The topological polar surface area (TPSA) is 26.3 Å². The van der Waals surface area contributed by atoms with Crippen LogP contribution in [0.4, 0.5) is 4.79 Å². The molecule has 1 amide bonds. The van der Waals surface area contributed by atoms with Crippen molar-refractivity contribution in [2.75, 3.05) is 13.2 Å². The van der Waals surface area contributed by atoms with E-state index in [9.17, 15) is 4.79 Å². The lowest BCUT2D eigenvalue weighted by atomic mass is 10.5. The zero-order valence-electron chi connectivity index (χ0n) is 6.64. The van der Waals surface area contributed by atoms with Gasteiger partial charge in [0.15, 0.2) is 0 Å². The van der Waals surface area contributed by atoms with E-state index in [2.05, 4.69) is 32.3 Å². The van der Waals surface area contributed by atoms with Gasteiger partial charge in [-0.3, -0.25) is 0 Å². The van der Waals surface area contributed by atoms with Gasteiger partial charge in [0.05, 0.1) is 6.61 Å². The summed E-state index contributed by atoms with van der Waals surface area (Å²) < 4.78 is 4.75. The Morgan fingerprint density at radius 2 is 2.00 bits per heavy atom. The molecule has 0 radical (unpaired) electrons. The standard InChI is InChI=1S/C6H12Br2NO2/c1-3-5-9(7,8)6(10)11-4-2/h3-5H2,1-2H3/q+1. The lowest BCUT2D eigenvalue weighted by molar-refractivity contribution is -0.531. The average Bonchev–Trinajstić information content (AvgIpc) is 1.88. The molecule has 0 rings (SSSR count). The number of hydrogen-bond acceptors (Lipinski definition) is 2. The average molecular weight is 290 g/mol. The molecule has 0 unspecified atom stereocenters. The van der Waals surface area contributed by atoms with Gasteiger partial charge in [-0.25, -0.2) is 0 Å². The number of ether oxygens (including phenoxy) is 1. The summed E-state index contributed by atoms with van der Waals surface area (Å²) in [4.78, 5) is 11.1. The molecule has 0 aromatic carbocycles. The highest BCUT2D eigenvalue weighted by atomic mass is 79.9. The fourth-order valence-electron chi connectivity index (χ4n) is 0.590. The maximum absolute atomic E-state index is 11.1. The van der Waals surface area contributed by atoms with Crippen LogP contribution in [-0.2, 0) is 4.74 Å². The quantitative estimate of drug-likeness (QED) is 0.747. The molecule has 0 heterocycles. The predicted octanol–water partition coefficient (Wildman–Crippen LogP) is 2.99.